The maximum atomic E-state index is 13.4. The highest BCUT2D eigenvalue weighted by Gasteiger charge is 2.30. The molecule has 0 unspecified atom stereocenters. The van der Waals surface area contributed by atoms with Crippen molar-refractivity contribution in [3.63, 3.8) is 0 Å². The van der Waals surface area contributed by atoms with E-state index in [9.17, 15) is 14.4 Å². The van der Waals surface area contributed by atoms with Crippen molar-refractivity contribution in [2.75, 3.05) is 20.2 Å². The molecule has 9 heteroatoms. The number of benzene rings is 3. The largest absolute Gasteiger partial charge is 0.449 e. The minimum absolute atomic E-state index is 0.103. The Morgan fingerprint density at radius 2 is 1.49 bits per heavy atom. The van der Waals surface area contributed by atoms with E-state index >= 15 is 0 Å². The third-order valence-corrected chi connectivity index (χ3v) is 7.26. The summed E-state index contributed by atoms with van der Waals surface area (Å²) >= 11 is 0. The first kappa shape index (κ1) is 29.3. The molecule has 3 aromatic rings. The van der Waals surface area contributed by atoms with E-state index in [-0.39, 0.29) is 24.3 Å². The highest BCUT2D eigenvalue weighted by Crippen LogP contribution is 2.44. The first-order chi connectivity index (χ1) is 19.9. The molecule has 0 radical (unpaired) electrons. The second kappa shape index (κ2) is 14.1. The Balaban J connectivity index is 1.42. The average molecular weight is 556 g/mol. The summed E-state index contributed by atoms with van der Waals surface area (Å²) in [6, 6.07) is 24.0. The number of carbonyl (C=O) groups is 3. The first-order valence-electron chi connectivity index (χ1n) is 13.8. The number of carbonyl (C=O) groups excluding carboxylic acids is 3. The standard InChI is InChI=1S/C32H37N5O4/c1-21(38)29(19-22-11-4-3-5-12-22)36-30(39)28(17-10-18-35-31(33)34-2)37-32(40)41-20-27-25-15-8-6-13-23(25)24-14-7-9-16-26(24)27/h3-9,11-16,27-29H,10,17-20H2,1-2H3,(H,36,39)(H,37,40)(H3,33,34,35)/t28-,29-/m0/s1. The topological polar surface area (TPSA) is 135 Å². The minimum Gasteiger partial charge on any atom is -0.449 e. The monoisotopic (exact) mass is 555 g/mol. The molecule has 9 nitrogen and oxygen atoms in total. The Bertz CT molecular complexity index is 1350. The molecule has 0 fully saturated rings. The van der Waals surface area contributed by atoms with Crippen molar-refractivity contribution in [3.05, 3.63) is 95.6 Å². The smallest absolute Gasteiger partial charge is 0.407 e. The summed E-state index contributed by atoms with van der Waals surface area (Å²) in [4.78, 5) is 42.6. The molecule has 2 atom stereocenters. The van der Waals surface area contributed by atoms with Gasteiger partial charge in [-0.15, -0.1) is 0 Å². The van der Waals surface area contributed by atoms with Crippen LogP contribution < -0.4 is 21.7 Å². The van der Waals surface area contributed by atoms with Crippen molar-refractivity contribution in [2.24, 2.45) is 10.7 Å². The zero-order valence-electron chi connectivity index (χ0n) is 23.4. The van der Waals surface area contributed by atoms with Gasteiger partial charge < -0.3 is 26.4 Å². The van der Waals surface area contributed by atoms with Crippen molar-refractivity contribution in [3.8, 4) is 11.1 Å². The molecule has 0 bridgehead atoms. The minimum atomic E-state index is -0.912. The number of Topliss-reactive ketones (excluding diaryl/α,β-unsaturated/α-hetero) is 1. The number of nitrogens with two attached hydrogens (primary N) is 1. The number of nitrogens with one attached hydrogen (secondary N) is 3. The summed E-state index contributed by atoms with van der Waals surface area (Å²) in [5, 5.41) is 8.50. The average Bonchev–Trinajstić information content (AvgIpc) is 3.31. The molecule has 0 aliphatic heterocycles. The number of hydrogen-bond donors (Lipinski definition) is 4. The highest BCUT2D eigenvalue weighted by molar-refractivity contribution is 5.91. The van der Waals surface area contributed by atoms with Gasteiger partial charge in [-0.2, -0.15) is 0 Å². The maximum Gasteiger partial charge on any atom is 0.407 e. The van der Waals surface area contributed by atoms with Gasteiger partial charge in [0, 0.05) is 19.5 Å². The molecular weight excluding hydrogens is 518 g/mol. The van der Waals surface area contributed by atoms with Crippen LogP contribution in [-0.4, -0.2) is 56.0 Å². The summed E-state index contributed by atoms with van der Waals surface area (Å²) in [5.41, 5.74) is 11.1. The number of hydrogen-bond acceptors (Lipinski definition) is 5. The number of ether oxygens (including phenoxy) is 1. The van der Waals surface area contributed by atoms with Crippen LogP contribution in [0.3, 0.4) is 0 Å². The Morgan fingerprint density at radius 1 is 0.878 bits per heavy atom. The number of amides is 2. The summed E-state index contributed by atoms with van der Waals surface area (Å²) < 4.78 is 5.68. The first-order valence-corrected chi connectivity index (χ1v) is 13.8. The van der Waals surface area contributed by atoms with Crippen LogP contribution in [0.25, 0.3) is 11.1 Å². The van der Waals surface area contributed by atoms with Gasteiger partial charge >= 0.3 is 6.09 Å². The molecule has 1 aliphatic rings. The predicted molar refractivity (Wildman–Crippen MR) is 160 cm³/mol. The van der Waals surface area contributed by atoms with Crippen molar-refractivity contribution in [1.82, 2.24) is 16.0 Å². The van der Waals surface area contributed by atoms with Crippen molar-refractivity contribution in [1.29, 1.82) is 0 Å². The normalized spacial score (nSPS) is 13.9. The molecule has 214 valence electrons. The number of fused-ring (bicyclic) bond motifs is 3. The molecular formula is C32H37N5O4. The van der Waals surface area contributed by atoms with Crippen LogP contribution in [0.15, 0.2) is 83.9 Å². The molecule has 0 spiro atoms. The van der Waals surface area contributed by atoms with Gasteiger partial charge in [0.15, 0.2) is 11.7 Å². The van der Waals surface area contributed by atoms with E-state index in [1.54, 1.807) is 7.05 Å². The lowest BCUT2D eigenvalue weighted by atomic mass is 9.98. The number of aliphatic imine (C=N–C) groups is 1. The predicted octanol–water partition coefficient (Wildman–Crippen LogP) is 3.52. The molecule has 3 aromatic carbocycles. The van der Waals surface area contributed by atoms with E-state index in [0.29, 0.717) is 25.8 Å². The lowest BCUT2D eigenvalue weighted by Crippen LogP contribution is -2.52. The third-order valence-electron chi connectivity index (χ3n) is 7.26. The fourth-order valence-corrected chi connectivity index (χ4v) is 5.07. The Morgan fingerprint density at radius 3 is 2.10 bits per heavy atom. The lowest BCUT2D eigenvalue weighted by molar-refractivity contribution is -0.128. The summed E-state index contributed by atoms with van der Waals surface area (Å²) in [5.74, 6) is -0.439. The lowest BCUT2D eigenvalue weighted by Gasteiger charge is -2.23. The fraction of sp³-hybridized carbons (Fsp3) is 0.312. The second-order valence-corrected chi connectivity index (χ2v) is 10.1. The Kier molecular flexibility index (Phi) is 10.1. The number of nitrogens with zero attached hydrogens (tertiary/aromatic N) is 1. The zero-order valence-corrected chi connectivity index (χ0v) is 23.4. The molecule has 4 rings (SSSR count). The highest BCUT2D eigenvalue weighted by atomic mass is 16.5. The SMILES string of the molecule is CN=C(N)NCCC[C@H](NC(=O)OCC1c2ccccc2-c2ccccc21)C(=O)N[C@@H](Cc1ccccc1)C(C)=O. The molecule has 0 saturated carbocycles. The summed E-state index contributed by atoms with van der Waals surface area (Å²) in [6.45, 7) is 2.03. The zero-order chi connectivity index (χ0) is 29.2. The molecule has 0 saturated heterocycles. The van der Waals surface area contributed by atoms with Crippen LogP contribution >= 0.6 is 0 Å². The van der Waals surface area contributed by atoms with E-state index in [2.05, 4.69) is 33.1 Å². The Hall–Kier alpha value is -4.66. The quantitative estimate of drug-likeness (QED) is 0.153. The maximum absolute atomic E-state index is 13.4. The van der Waals surface area contributed by atoms with Crippen molar-refractivity contribution < 1.29 is 19.1 Å². The van der Waals surface area contributed by atoms with Gasteiger partial charge in [0.1, 0.15) is 12.6 Å². The molecule has 0 aromatic heterocycles. The van der Waals surface area contributed by atoms with Gasteiger partial charge in [-0.1, -0.05) is 78.9 Å². The van der Waals surface area contributed by atoms with E-state index in [1.807, 2.05) is 66.7 Å². The fourth-order valence-electron chi connectivity index (χ4n) is 5.07. The Labute approximate surface area is 240 Å². The van der Waals surface area contributed by atoms with E-state index in [4.69, 9.17) is 10.5 Å². The van der Waals surface area contributed by atoms with Crippen LogP contribution in [0.5, 0.6) is 0 Å². The van der Waals surface area contributed by atoms with Crippen LogP contribution in [0.2, 0.25) is 0 Å². The third kappa shape index (κ3) is 7.72. The van der Waals surface area contributed by atoms with E-state index in [0.717, 1.165) is 27.8 Å². The van der Waals surface area contributed by atoms with Crippen LogP contribution in [0.1, 0.15) is 42.4 Å². The molecule has 0 heterocycles. The van der Waals surface area contributed by atoms with Gasteiger partial charge in [-0.25, -0.2) is 4.79 Å². The second-order valence-electron chi connectivity index (χ2n) is 10.1. The molecule has 5 N–H and O–H groups in total. The van der Waals surface area contributed by atoms with Crippen molar-refractivity contribution in [2.45, 2.75) is 44.2 Å². The van der Waals surface area contributed by atoms with Gasteiger partial charge in [-0.05, 0) is 54.0 Å². The summed E-state index contributed by atoms with van der Waals surface area (Å²) in [7, 11) is 1.58. The molecule has 41 heavy (non-hydrogen) atoms. The van der Waals surface area contributed by atoms with E-state index in [1.165, 1.54) is 6.92 Å². The van der Waals surface area contributed by atoms with Crippen LogP contribution in [0.4, 0.5) is 4.79 Å². The molecule has 1 aliphatic carbocycles. The van der Waals surface area contributed by atoms with Gasteiger partial charge in [0.2, 0.25) is 5.91 Å². The van der Waals surface area contributed by atoms with Crippen LogP contribution in [0, 0.1) is 0 Å². The van der Waals surface area contributed by atoms with Gasteiger partial charge in [0.25, 0.3) is 0 Å². The molecule has 2 amide bonds. The van der Waals surface area contributed by atoms with Crippen molar-refractivity contribution >= 4 is 23.7 Å². The van der Waals surface area contributed by atoms with Gasteiger partial charge in [0.05, 0.1) is 6.04 Å². The number of ketones is 1. The summed E-state index contributed by atoms with van der Waals surface area (Å²) in [6.07, 6.45) is 0.471. The van der Waals surface area contributed by atoms with E-state index < -0.39 is 24.1 Å². The number of alkyl carbamates (subject to hydrolysis) is 1. The number of guanidine groups is 1. The van der Waals surface area contributed by atoms with Crippen LogP contribution in [-0.2, 0) is 20.7 Å². The number of rotatable bonds is 12. The van der Waals surface area contributed by atoms with Gasteiger partial charge in [-0.3, -0.25) is 14.6 Å².